The molecule has 8 nitrogen and oxygen atoms in total. The van der Waals surface area contributed by atoms with Gasteiger partial charge in [-0.05, 0) is 48.6 Å². The Hall–Kier alpha value is -3.10. The molecule has 0 bridgehead atoms. The quantitative estimate of drug-likeness (QED) is 0.454. The fraction of sp³-hybridized carbons (Fsp3) is 0.423. The molecule has 0 spiro atoms. The van der Waals surface area contributed by atoms with E-state index in [2.05, 4.69) is 29.8 Å². The summed E-state index contributed by atoms with van der Waals surface area (Å²) in [7, 11) is 0. The van der Waals surface area contributed by atoms with Crippen molar-refractivity contribution in [3.8, 4) is 11.5 Å². The minimum atomic E-state index is -0.645. The molecule has 3 aromatic rings. The highest BCUT2D eigenvalue weighted by atomic mass is 35.5. The molecule has 9 heteroatoms. The standard InChI is InChI=1S/C26H30ClN5O3/c1-16(2)19-15-23(33)30-25(28-19)32-22(14-20(31-32)21-6-5-13-35-21)29-24(34)26(11-3-4-12-26)17-7-9-18(27)10-8-17/h5-10,13-14,16,19,25,28H,3-4,11-12,15H2,1-2H3,(H,29,34)(H,30,33). The highest BCUT2D eigenvalue weighted by molar-refractivity contribution is 6.30. The van der Waals surface area contributed by atoms with Gasteiger partial charge in [-0.25, -0.2) is 4.68 Å². The van der Waals surface area contributed by atoms with Gasteiger partial charge in [0.05, 0.1) is 11.7 Å². The first-order valence-electron chi connectivity index (χ1n) is 12.1. The van der Waals surface area contributed by atoms with Crippen LogP contribution in [-0.4, -0.2) is 27.6 Å². The minimum absolute atomic E-state index is 0.0104. The molecule has 2 fully saturated rings. The summed E-state index contributed by atoms with van der Waals surface area (Å²) < 4.78 is 7.18. The Morgan fingerprint density at radius 3 is 2.63 bits per heavy atom. The molecule has 2 aliphatic rings. The number of rotatable bonds is 6. The molecular weight excluding hydrogens is 466 g/mol. The molecule has 1 aliphatic heterocycles. The van der Waals surface area contributed by atoms with E-state index in [4.69, 9.17) is 21.1 Å². The Morgan fingerprint density at radius 2 is 1.97 bits per heavy atom. The van der Waals surface area contributed by atoms with E-state index >= 15 is 0 Å². The number of hydrogen-bond acceptors (Lipinski definition) is 5. The van der Waals surface area contributed by atoms with Crippen molar-refractivity contribution in [3.63, 3.8) is 0 Å². The maximum absolute atomic E-state index is 13.9. The molecule has 2 aromatic heterocycles. The number of anilines is 1. The largest absolute Gasteiger partial charge is 0.463 e. The Balaban J connectivity index is 1.50. The van der Waals surface area contributed by atoms with Gasteiger partial charge in [0, 0.05) is 23.6 Å². The van der Waals surface area contributed by atoms with Gasteiger partial charge in [-0.15, -0.1) is 0 Å². The van der Waals surface area contributed by atoms with Gasteiger partial charge < -0.3 is 15.1 Å². The summed E-state index contributed by atoms with van der Waals surface area (Å²) in [6.45, 7) is 4.15. The number of benzene rings is 1. The molecule has 1 aliphatic carbocycles. The Bertz CT molecular complexity index is 1200. The maximum atomic E-state index is 13.9. The van der Waals surface area contributed by atoms with Crippen molar-refractivity contribution in [2.45, 2.75) is 63.7 Å². The highest BCUT2D eigenvalue weighted by Gasteiger charge is 2.43. The zero-order valence-electron chi connectivity index (χ0n) is 19.9. The molecule has 5 rings (SSSR count). The molecule has 35 heavy (non-hydrogen) atoms. The van der Waals surface area contributed by atoms with E-state index in [1.165, 1.54) is 0 Å². The average Bonchev–Trinajstić information content (AvgIpc) is 3.60. The topological polar surface area (TPSA) is 101 Å². The lowest BCUT2D eigenvalue weighted by Gasteiger charge is -2.34. The molecule has 2 amide bonds. The van der Waals surface area contributed by atoms with Crippen LogP contribution in [0.3, 0.4) is 0 Å². The third-order valence-electron chi connectivity index (χ3n) is 7.16. The third-order valence-corrected chi connectivity index (χ3v) is 7.42. The van der Waals surface area contributed by atoms with Gasteiger partial charge >= 0.3 is 0 Å². The summed E-state index contributed by atoms with van der Waals surface area (Å²) in [5.41, 5.74) is 0.881. The number of halogens is 1. The second-order valence-electron chi connectivity index (χ2n) is 9.78. The van der Waals surface area contributed by atoms with E-state index in [1.54, 1.807) is 23.1 Å². The molecule has 2 unspecified atom stereocenters. The van der Waals surface area contributed by atoms with E-state index in [-0.39, 0.29) is 23.8 Å². The van der Waals surface area contributed by atoms with Gasteiger partial charge in [0.15, 0.2) is 12.0 Å². The van der Waals surface area contributed by atoms with Crippen LogP contribution in [0, 0.1) is 5.92 Å². The summed E-state index contributed by atoms with van der Waals surface area (Å²) in [5, 5.41) is 14.9. The molecule has 2 atom stereocenters. The smallest absolute Gasteiger partial charge is 0.236 e. The average molecular weight is 496 g/mol. The third kappa shape index (κ3) is 4.60. The molecule has 1 aromatic carbocycles. The van der Waals surface area contributed by atoms with Crippen LogP contribution >= 0.6 is 11.6 Å². The normalized spacial score (nSPS) is 21.8. The number of carbonyl (C=O) groups excluding carboxylic acids is 2. The summed E-state index contributed by atoms with van der Waals surface area (Å²) >= 11 is 6.11. The van der Waals surface area contributed by atoms with Crippen molar-refractivity contribution in [1.29, 1.82) is 0 Å². The lowest BCUT2D eigenvalue weighted by atomic mass is 9.78. The Morgan fingerprint density at radius 1 is 1.23 bits per heavy atom. The van der Waals surface area contributed by atoms with Gasteiger partial charge in [-0.3, -0.25) is 14.9 Å². The Labute approximate surface area is 209 Å². The van der Waals surface area contributed by atoms with Crippen LogP contribution in [0.15, 0.2) is 53.1 Å². The second kappa shape index (κ2) is 9.51. The number of furan rings is 1. The van der Waals surface area contributed by atoms with Crippen LogP contribution in [0.1, 0.15) is 57.8 Å². The minimum Gasteiger partial charge on any atom is -0.463 e. The number of hydrogen-bond donors (Lipinski definition) is 3. The van der Waals surface area contributed by atoms with Gasteiger partial charge in [0.25, 0.3) is 0 Å². The lowest BCUT2D eigenvalue weighted by molar-refractivity contribution is -0.126. The number of carbonyl (C=O) groups is 2. The molecule has 3 heterocycles. The van der Waals surface area contributed by atoms with Crippen molar-refractivity contribution < 1.29 is 14.0 Å². The number of aromatic nitrogens is 2. The number of amides is 2. The SMILES string of the molecule is CC(C)C1CC(=O)NC(n2nc(-c3ccco3)cc2NC(=O)C2(c3ccc(Cl)cc3)CCCC2)N1. The van der Waals surface area contributed by atoms with Crippen LogP contribution < -0.4 is 16.0 Å². The maximum Gasteiger partial charge on any atom is 0.236 e. The van der Waals surface area contributed by atoms with Gasteiger partial charge in [0.2, 0.25) is 11.8 Å². The van der Waals surface area contributed by atoms with Crippen molar-refractivity contribution in [3.05, 3.63) is 59.3 Å². The summed E-state index contributed by atoms with van der Waals surface area (Å²) in [5.74, 6) is 1.17. The van der Waals surface area contributed by atoms with Crippen LogP contribution in [0.25, 0.3) is 11.5 Å². The molecular formula is C26H30ClN5O3. The van der Waals surface area contributed by atoms with E-state index in [0.717, 1.165) is 31.2 Å². The van der Waals surface area contributed by atoms with Gasteiger partial charge in [-0.2, -0.15) is 5.10 Å². The van der Waals surface area contributed by atoms with Gasteiger partial charge in [-0.1, -0.05) is 50.4 Å². The fourth-order valence-electron chi connectivity index (χ4n) is 5.13. The van der Waals surface area contributed by atoms with E-state index < -0.39 is 11.7 Å². The second-order valence-corrected chi connectivity index (χ2v) is 10.2. The number of nitrogens with one attached hydrogen (secondary N) is 3. The van der Waals surface area contributed by atoms with Crippen LogP contribution in [0.2, 0.25) is 5.02 Å². The first-order valence-corrected chi connectivity index (χ1v) is 12.5. The van der Waals surface area contributed by atoms with Crippen LogP contribution in [0.5, 0.6) is 0 Å². The monoisotopic (exact) mass is 495 g/mol. The van der Waals surface area contributed by atoms with Crippen molar-refractivity contribution in [1.82, 2.24) is 20.4 Å². The zero-order valence-corrected chi connectivity index (χ0v) is 20.6. The predicted octanol–water partition coefficient (Wildman–Crippen LogP) is 4.84. The molecule has 1 saturated carbocycles. The van der Waals surface area contributed by atoms with Crippen molar-refractivity contribution in [2.75, 3.05) is 5.32 Å². The summed E-state index contributed by atoms with van der Waals surface area (Å²) in [4.78, 5) is 26.4. The van der Waals surface area contributed by atoms with E-state index in [9.17, 15) is 9.59 Å². The fourth-order valence-corrected chi connectivity index (χ4v) is 5.26. The molecule has 184 valence electrons. The first-order chi connectivity index (χ1) is 16.9. The Kier molecular flexibility index (Phi) is 6.42. The molecule has 1 saturated heterocycles. The van der Waals surface area contributed by atoms with Crippen LogP contribution in [0.4, 0.5) is 5.82 Å². The zero-order chi connectivity index (χ0) is 24.6. The highest BCUT2D eigenvalue weighted by Crippen LogP contribution is 2.42. The first kappa shape index (κ1) is 23.6. The summed E-state index contributed by atoms with van der Waals surface area (Å²) in [6.07, 6.45) is 4.84. The van der Waals surface area contributed by atoms with Crippen molar-refractivity contribution >= 4 is 29.2 Å². The number of nitrogens with zero attached hydrogens (tertiary/aromatic N) is 2. The summed E-state index contributed by atoms with van der Waals surface area (Å²) in [6, 6.07) is 12.9. The van der Waals surface area contributed by atoms with Gasteiger partial charge in [0.1, 0.15) is 11.5 Å². The predicted molar refractivity (Wildman–Crippen MR) is 134 cm³/mol. The van der Waals surface area contributed by atoms with E-state index in [1.807, 2.05) is 30.3 Å². The lowest BCUT2D eigenvalue weighted by Crippen LogP contribution is -2.55. The molecule has 3 N–H and O–H groups in total. The van der Waals surface area contributed by atoms with Crippen LogP contribution in [-0.2, 0) is 15.0 Å². The van der Waals surface area contributed by atoms with Crippen molar-refractivity contribution in [2.24, 2.45) is 5.92 Å². The van der Waals surface area contributed by atoms with E-state index in [0.29, 0.717) is 28.7 Å². The molecule has 0 radical (unpaired) electrons.